The zero-order valence-electron chi connectivity index (χ0n) is 11.5. The van der Waals surface area contributed by atoms with Crippen LogP contribution in [0.25, 0.3) is 0 Å². The van der Waals surface area contributed by atoms with E-state index in [-0.39, 0.29) is 11.9 Å². The Bertz CT molecular complexity index is 427. The van der Waals surface area contributed by atoms with Gasteiger partial charge in [-0.15, -0.1) is 0 Å². The first kappa shape index (κ1) is 15.3. The maximum Gasteiger partial charge on any atom is 0.129 e. The molecule has 1 nitrogen and oxygen atoms in total. The number of benzene rings is 1. The van der Waals surface area contributed by atoms with Gasteiger partial charge in [-0.1, -0.05) is 28.4 Å². The van der Waals surface area contributed by atoms with Gasteiger partial charge in [0.25, 0.3) is 0 Å². The molecule has 1 aromatic rings. The fourth-order valence-electron chi connectivity index (χ4n) is 2.81. The third-order valence-electron chi connectivity index (χ3n) is 3.87. The van der Waals surface area contributed by atoms with Crippen LogP contribution in [-0.4, -0.2) is 17.5 Å². The Morgan fingerprint density at radius 2 is 2.21 bits per heavy atom. The first-order chi connectivity index (χ1) is 9.10. The van der Waals surface area contributed by atoms with Crippen molar-refractivity contribution >= 4 is 27.7 Å². The Balaban J connectivity index is 1.98. The van der Waals surface area contributed by atoms with E-state index in [0.717, 1.165) is 15.3 Å². The molecule has 0 saturated heterocycles. The molecule has 0 bridgehead atoms. The van der Waals surface area contributed by atoms with Gasteiger partial charge in [-0.05, 0) is 44.6 Å². The third kappa shape index (κ3) is 4.20. The van der Waals surface area contributed by atoms with Crippen molar-refractivity contribution in [3.63, 3.8) is 0 Å². The maximum absolute atomic E-state index is 13.9. The molecule has 0 amide bonds. The van der Waals surface area contributed by atoms with Crippen LogP contribution in [0.2, 0.25) is 0 Å². The molecule has 1 aliphatic rings. The molecule has 4 heteroatoms. The average Bonchev–Trinajstić information content (AvgIpc) is 2.38. The molecule has 1 fully saturated rings. The summed E-state index contributed by atoms with van der Waals surface area (Å²) in [5, 5.41) is 4.35. The van der Waals surface area contributed by atoms with Crippen LogP contribution in [0.4, 0.5) is 4.39 Å². The van der Waals surface area contributed by atoms with E-state index >= 15 is 0 Å². The molecule has 106 valence electrons. The van der Waals surface area contributed by atoms with Crippen molar-refractivity contribution in [1.82, 2.24) is 5.32 Å². The zero-order valence-corrected chi connectivity index (χ0v) is 13.9. The van der Waals surface area contributed by atoms with Gasteiger partial charge in [-0.3, -0.25) is 0 Å². The molecule has 0 heterocycles. The molecular formula is C15H21BrFNS. The minimum absolute atomic E-state index is 0.0682. The lowest BCUT2D eigenvalue weighted by Crippen LogP contribution is -2.36. The minimum Gasteiger partial charge on any atom is -0.307 e. The largest absolute Gasteiger partial charge is 0.307 e. The first-order valence-corrected chi connectivity index (χ1v) is 8.92. The van der Waals surface area contributed by atoms with Crippen molar-refractivity contribution in [2.45, 2.75) is 49.9 Å². The van der Waals surface area contributed by atoms with Crippen LogP contribution in [0, 0.1) is 5.82 Å². The van der Waals surface area contributed by atoms with Crippen molar-refractivity contribution in [3.05, 3.63) is 34.1 Å². The average molecular weight is 346 g/mol. The molecule has 19 heavy (non-hydrogen) atoms. The fraction of sp³-hybridized carbons (Fsp3) is 0.600. The van der Waals surface area contributed by atoms with Crippen LogP contribution in [0.5, 0.6) is 0 Å². The van der Waals surface area contributed by atoms with Gasteiger partial charge in [0.1, 0.15) is 5.82 Å². The molecule has 1 N–H and O–H groups in total. The van der Waals surface area contributed by atoms with Crippen molar-refractivity contribution in [3.8, 4) is 0 Å². The number of thioether (sulfide) groups is 1. The lowest BCUT2D eigenvalue weighted by Gasteiger charge is -2.31. The Kier molecular flexibility index (Phi) is 5.72. The second-order valence-corrected chi connectivity index (χ2v) is 7.33. The van der Waals surface area contributed by atoms with Crippen LogP contribution >= 0.6 is 27.7 Å². The summed E-state index contributed by atoms with van der Waals surface area (Å²) >= 11 is 5.26. The van der Waals surface area contributed by atoms with Gasteiger partial charge >= 0.3 is 0 Å². The van der Waals surface area contributed by atoms with E-state index in [1.54, 1.807) is 6.07 Å². The molecule has 1 aromatic carbocycles. The second-order valence-electron chi connectivity index (χ2n) is 5.28. The summed E-state index contributed by atoms with van der Waals surface area (Å²) in [6, 6.07) is 5.90. The van der Waals surface area contributed by atoms with Gasteiger partial charge < -0.3 is 5.32 Å². The predicted molar refractivity (Wildman–Crippen MR) is 85.2 cm³/mol. The van der Waals surface area contributed by atoms with E-state index in [1.165, 1.54) is 25.7 Å². The highest BCUT2D eigenvalue weighted by atomic mass is 79.9. The van der Waals surface area contributed by atoms with Crippen LogP contribution in [-0.2, 0) is 0 Å². The standard InChI is InChI=1S/C15H21BrFNS/c1-10(14-7-6-11(16)8-15(14)17)18-12-4-3-5-13(9-12)19-2/h6-8,10,12-13,18H,3-5,9H2,1-2H3. The maximum atomic E-state index is 13.9. The molecular weight excluding hydrogens is 325 g/mol. The van der Waals surface area contributed by atoms with Gasteiger partial charge in [-0.25, -0.2) is 4.39 Å². The van der Waals surface area contributed by atoms with Gasteiger partial charge in [0, 0.05) is 27.4 Å². The molecule has 0 aromatic heterocycles. The first-order valence-electron chi connectivity index (χ1n) is 6.84. The minimum atomic E-state index is -0.133. The molecule has 0 aliphatic heterocycles. The normalized spacial score (nSPS) is 25.3. The SMILES string of the molecule is CSC1CCCC(NC(C)c2ccc(Br)cc2F)C1. The Labute approximate surface area is 127 Å². The van der Waals surface area contributed by atoms with Crippen LogP contribution in [0.1, 0.15) is 44.2 Å². The van der Waals surface area contributed by atoms with Crippen molar-refractivity contribution in [2.24, 2.45) is 0 Å². The molecule has 3 atom stereocenters. The van der Waals surface area contributed by atoms with E-state index in [4.69, 9.17) is 0 Å². The third-order valence-corrected chi connectivity index (χ3v) is 5.46. The Hall–Kier alpha value is -0.0600. The molecule has 3 unspecified atom stereocenters. The lowest BCUT2D eigenvalue weighted by atomic mass is 9.93. The van der Waals surface area contributed by atoms with Crippen molar-refractivity contribution in [1.29, 1.82) is 0 Å². The molecule has 1 aliphatic carbocycles. The highest BCUT2D eigenvalue weighted by molar-refractivity contribution is 9.10. The van der Waals surface area contributed by atoms with Crippen LogP contribution in [0.15, 0.2) is 22.7 Å². The quantitative estimate of drug-likeness (QED) is 0.831. The highest BCUT2D eigenvalue weighted by Crippen LogP contribution is 2.29. The molecule has 2 rings (SSSR count). The van der Waals surface area contributed by atoms with Gasteiger partial charge in [0.2, 0.25) is 0 Å². The summed E-state index contributed by atoms with van der Waals surface area (Å²) in [5.74, 6) is -0.133. The number of rotatable bonds is 4. The van der Waals surface area contributed by atoms with Gasteiger partial charge in [0.15, 0.2) is 0 Å². The number of hydrogen-bond donors (Lipinski definition) is 1. The second kappa shape index (κ2) is 7.09. The van der Waals surface area contributed by atoms with Crippen LogP contribution < -0.4 is 5.32 Å². The summed E-state index contributed by atoms with van der Waals surface area (Å²) in [7, 11) is 0. The Morgan fingerprint density at radius 1 is 1.42 bits per heavy atom. The van der Waals surface area contributed by atoms with E-state index in [0.29, 0.717) is 6.04 Å². The topological polar surface area (TPSA) is 12.0 Å². The summed E-state index contributed by atoms with van der Waals surface area (Å²) in [4.78, 5) is 0. The van der Waals surface area contributed by atoms with Crippen molar-refractivity contribution in [2.75, 3.05) is 6.26 Å². The smallest absolute Gasteiger partial charge is 0.129 e. The summed E-state index contributed by atoms with van der Waals surface area (Å²) in [5.41, 5.74) is 0.759. The van der Waals surface area contributed by atoms with Crippen molar-refractivity contribution < 1.29 is 4.39 Å². The summed E-state index contributed by atoms with van der Waals surface area (Å²) in [6.07, 6.45) is 7.19. The summed E-state index contributed by atoms with van der Waals surface area (Å²) < 4.78 is 14.7. The Morgan fingerprint density at radius 3 is 2.89 bits per heavy atom. The van der Waals surface area contributed by atoms with Gasteiger partial charge in [-0.2, -0.15) is 11.8 Å². The molecule has 1 saturated carbocycles. The number of halogens is 2. The van der Waals surface area contributed by atoms with E-state index in [9.17, 15) is 4.39 Å². The van der Waals surface area contributed by atoms with E-state index in [2.05, 4.69) is 34.4 Å². The van der Waals surface area contributed by atoms with Crippen LogP contribution in [0.3, 0.4) is 0 Å². The molecule has 0 radical (unpaired) electrons. The van der Waals surface area contributed by atoms with E-state index in [1.807, 2.05) is 23.9 Å². The fourth-order valence-corrected chi connectivity index (χ4v) is 3.97. The number of nitrogens with one attached hydrogen (secondary N) is 1. The highest BCUT2D eigenvalue weighted by Gasteiger charge is 2.23. The lowest BCUT2D eigenvalue weighted by molar-refractivity contribution is 0.349. The van der Waals surface area contributed by atoms with E-state index < -0.39 is 0 Å². The monoisotopic (exact) mass is 345 g/mol. The predicted octanol–water partition coefficient (Wildman–Crippen LogP) is 4.91. The van der Waals surface area contributed by atoms with Gasteiger partial charge in [0.05, 0.1) is 0 Å². The zero-order chi connectivity index (χ0) is 13.8. The summed E-state index contributed by atoms with van der Waals surface area (Å²) in [6.45, 7) is 2.05. The molecule has 0 spiro atoms. The number of hydrogen-bond acceptors (Lipinski definition) is 2.